The lowest BCUT2D eigenvalue weighted by Crippen LogP contribution is -2.58. The fourth-order valence-electron chi connectivity index (χ4n) is 8.27. The van der Waals surface area contributed by atoms with Gasteiger partial charge in [-0.15, -0.1) is 0 Å². The molecule has 0 aromatic heterocycles. The third-order valence-electron chi connectivity index (χ3n) is 10.1. The predicted molar refractivity (Wildman–Crippen MR) is 140 cm³/mol. The number of ether oxygens (including phenoxy) is 1. The van der Waals surface area contributed by atoms with Gasteiger partial charge >= 0.3 is 12.1 Å². The van der Waals surface area contributed by atoms with E-state index in [9.17, 15) is 9.59 Å². The maximum absolute atomic E-state index is 13.5. The molecule has 5 heterocycles. The summed E-state index contributed by atoms with van der Waals surface area (Å²) < 4.78 is 5.37. The average molecular weight is 497 g/mol. The third kappa shape index (κ3) is 4.35. The molecule has 0 aromatic carbocycles. The van der Waals surface area contributed by atoms with Crippen molar-refractivity contribution in [1.82, 2.24) is 19.6 Å². The molecule has 0 radical (unpaired) electrons. The minimum absolute atomic E-state index is 0.106. The second-order valence-electron chi connectivity index (χ2n) is 12.1. The van der Waals surface area contributed by atoms with E-state index in [0.717, 1.165) is 103 Å². The highest BCUT2D eigenvalue weighted by Crippen LogP contribution is 2.48. The molecule has 2 unspecified atom stereocenters. The van der Waals surface area contributed by atoms with E-state index in [1.54, 1.807) is 5.57 Å². The fourth-order valence-corrected chi connectivity index (χ4v) is 8.27. The van der Waals surface area contributed by atoms with Gasteiger partial charge in [0, 0.05) is 49.7 Å². The predicted octanol–water partition coefficient (Wildman–Crippen LogP) is 4.79. The van der Waals surface area contributed by atoms with Crippen LogP contribution in [0.15, 0.2) is 23.3 Å². The number of hydrogen-bond acceptors (Lipinski definition) is 4. The molecule has 6 rings (SSSR count). The summed E-state index contributed by atoms with van der Waals surface area (Å²) in [7, 11) is 0. The molecule has 198 valence electrons. The Balaban J connectivity index is 1.14. The lowest BCUT2D eigenvalue weighted by Gasteiger charge is -2.52. The van der Waals surface area contributed by atoms with Crippen LogP contribution in [-0.4, -0.2) is 95.7 Å². The summed E-state index contributed by atoms with van der Waals surface area (Å²) in [5, 5.41) is 0. The molecule has 6 aliphatic rings. The zero-order chi connectivity index (χ0) is 24.7. The van der Waals surface area contributed by atoms with Gasteiger partial charge in [-0.25, -0.2) is 9.59 Å². The Bertz CT molecular complexity index is 901. The van der Waals surface area contributed by atoms with Gasteiger partial charge in [0.1, 0.15) is 0 Å². The number of carbonyl (C=O) groups is 2. The number of fused-ring (bicyclic) bond motifs is 3. The zero-order valence-corrected chi connectivity index (χ0v) is 22.1. The summed E-state index contributed by atoms with van der Waals surface area (Å²) in [4.78, 5) is 35.2. The molecule has 0 aromatic rings. The van der Waals surface area contributed by atoms with Crippen molar-refractivity contribution in [3.8, 4) is 0 Å². The van der Waals surface area contributed by atoms with Crippen molar-refractivity contribution >= 4 is 12.1 Å². The molecule has 4 fully saturated rings. The lowest BCUT2D eigenvalue weighted by molar-refractivity contribution is 0.0143. The summed E-state index contributed by atoms with van der Waals surface area (Å²) >= 11 is 0. The molecular formula is C29H44N4O3. The van der Waals surface area contributed by atoms with Crippen molar-refractivity contribution in [2.45, 2.75) is 95.7 Å². The van der Waals surface area contributed by atoms with E-state index in [1.165, 1.54) is 12.0 Å². The number of nitrogens with zero attached hydrogens (tertiary/aromatic N) is 4. The highest BCUT2D eigenvalue weighted by Gasteiger charge is 2.49. The number of carbonyl (C=O) groups excluding carboxylic acids is 2. The van der Waals surface area contributed by atoms with E-state index >= 15 is 0 Å². The highest BCUT2D eigenvalue weighted by molar-refractivity contribution is 5.75. The van der Waals surface area contributed by atoms with E-state index in [0.29, 0.717) is 24.7 Å². The molecular weight excluding hydrogens is 452 g/mol. The summed E-state index contributed by atoms with van der Waals surface area (Å²) in [6, 6.07) is 1.52. The topological polar surface area (TPSA) is 56.3 Å². The Morgan fingerprint density at radius 1 is 0.972 bits per heavy atom. The molecule has 1 spiro atoms. The Morgan fingerprint density at radius 3 is 2.39 bits per heavy atom. The van der Waals surface area contributed by atoms with Gasteiger partial charge in [-0.3, -0.25) is 0 Å². The number of amides is 3. The fraction of sp³-hybridized carbons (Fsp3) is 0.793. The first-order valence-corrected chi connectivity index (χ1v) is 14.7. The Labute approximate surface area is 216 Å². The van der Waals surface area contributed by atoms with Gasteiger partial charge in [0.2, 0.25) is 0 Å². The van der Waals surface area contributed by atoms with Crippen LogP contribution in [0.5, 0.6) is 0 Å². The maximum Gasteiger partial charge on any atom is 0.410 e. The van der Waals surface area contributed by atoms with E-state index in [2.05, 4.69) is 31.8 Å². The van der Waals surface area contributed by atoms with E-state index in [4.69, 9.17) is 4.74 Å². The van der Waals surface area contributed by atoms with Crippen LogP contribution >= 0.6 is 0 Å². The Kier molecular flexibility index (Phi) is 6.78. The highest BCUT2D eigenvalue weighted by atomic mass is 16.6. The minimum atomic E-state index is -0.106. The molecule has 0 N–H and O–H groups in total. The van der Waals surface area contributed by atoms with E-state index in [1.807, 2.05) is 6.92 Å². The van der Waals surface area contributed by atoms with Crippen molar-refractivity contribution in [3.63, 3.8) is 0 Å². The molecule has 4 saturated heterocycles. The monoisotopic (exact) mass is 496 g/mol. The van der Waals surface area contributed by atoms with Crippen LogP contribution in [0.1, 0.15) is 77.6 Å². The van der Waals surface area contributed by atoms with Crippen LogP contribution in [0.2, 0.25) is 0 Å². The van der Waals surface area contributed by atoms with Crippen molar-refractivity contribution < 1.29 is 14.3 Å². The van der Waals surface area contributed by atoms with Gasteiger partial charge in [0.15, 0.2) is 0 Å². The molecule has 5 aliphatic heterocycles. The van der Waals surface area contributed by atoms with Crippen molar-refractivity contribution in [2.75, 3.05) is 45.9 Å². The maximum atomic E-state index is 13.5. The molecule has 36 heavy (non-hydrogen) atoms. The summed E-state index contributed by atoms with van der Waals surface area (Å²) in [6.45, 7) is 8.10. The number of likely N-dealkylation sites (tertiary alicyclic amines) is 2. The van der Waals surface area contributed by atoms with Gasteiger partial charge in [-0.1, -0.05) is 12.2 Å². The number of rotatable bonds is 2. The van der Waals surface area contributed by atoms with Crippen LogP contribution in [0.25, 0.3) is 0 Å². The number of piperidine rings is 3. The smallest absolute Gasteiger partial charge is 0.410 e. The van der Waals surface area contributed by atoms with Crippen LogP contribution in [0.4, 0.5) is 9.59 Å². The SMILES string of the molecule is CCOC(=O)N1C2CCC1CC(N1CCC3(CC1)CN(C(=O)N1CCCCC1)CC1=C3C=CCC1)C2. The Hall–Kier alpha value is -2.02. The standard InChI is InChI=1S/C29H44N4O3/c1-2-36-28(35)33-23-10-11-24(33)19-25(18-23)30-16-12-29(13-17-30)21-32(20-22-8-4-5-9-26(22)29)27(34)31-14-6-3-7-15-31/h5,9,23-25H,2-4,6-8,10-21H2,1H3. The largest absolute Gasteiger partial charge is 0.450 e. The van der Waals surface area contributed by atoms with Crippen LogP contribution in [-0.2, 0) is 4.74 Å². The number of allylic oxidation sites excluding steroid dienone is 2. The second-order valence-corrected chi connectivity index (χ2v) is 12.1. The third-order valence-corrected chi connectivity index (χ3v) is 10.1. The quantitative estimate of drug-likeness (QED) is 0.552. The number of hydrogen-bond donors (Lipinski definition) is 0. The van der Waals surface area contributed by atoms with Crippen LogP contribution in [0.3, 0.4) is 0 Å². The molecule has 2 bridgehead atoms. The van der Waals surface area contributed by atoms with Crippen molar-refractivity contribution in [2.24, 2.45) is 5.41 Å². The minimum Gasteiger partial charge on any atom is -0.450 e. The first-order chi connectivity index (χ1) is 17.6. The molecule has 7 heteroatoms. The molecule has 7 nitrogen and oxygen atoms in total. The summed E-state index contributed by atoms with van der Waals surface area (Å²) in [5.41, 5.74) is 3.19. The first kappa shape index (κ1) is 24.3. The van der Waals surface area contributed by atoms with Crippen LogP contribution < -0.4 is 0 Å². The molecule has 3 amide bonds. The van der Waals surface area contributed by atoms with Gasteiger partial charge in [0.05, 0.1) is 6.61 Å². The van der Waals surface area contributed by atoms with Crippen LogP contribution in [0, 0.1) is 5.41 Å². The molecule has 2 atom stereocenters. The summed E-state index contributed by atoms with van der Waals surface area (Å²) in [6.07, 6.45) is 17.1. The van der Waals surface area contributed by atoms with E-state index < -0.39 is 0 Å². The summed E-state index contributed by atoms with van der Waals surface area (Å²) in [5.74, 6) is 0. The number of urea groups is 1. The zero-order valence-electron chi connectivity index (χ0n) is 22.1. The van der Waals surface area contributed by atoms with E-state index in [-0.39, 0.29) is 17.5 Å². The average Bonchev–Trinajstić information content (AvgIpc) is 3.19. The second kappa shape index (κ2) is 10.0. The first-order valence-electron chi connectivity index (χ1n) is 14.7. The normalized spacial score (nSPS) is 32.1. The van der Waals surface area contributed by atoms with Gasteiger partial charge in [0.25, 0.3) is 0 Å². The van der Waals surface area contributed by atoms with Crippen molar-refractivity contribution in [3.05, 3.63) is 23.3 Å². The lowest BCUT2D eigenvalue weighted by atomic mass is 9.66. The molecule has 0 saturated carbocycles. The Morgan fingerprint density at radius 2 is 1.69 bits per heavy atom. The van der Waals surface area contributed by atoms with Gasteiger partial charge in [-0.05, 0) is 102 Å². The molecule has 1 aliphatic carbocycles. The van der Waals surface area contributed by atoms with Gasteiger partial charge < -0.3 is 24.3 Å². The van der Waals surface area contributed by atoms with Crippen molar-refractivity contribution in [1.29, 1.82) is 0 Å². The van der Waals surface area contributed by atoms with Gasteiger partial charge in [-0.2, -0.15) is 0 Å².